The Morgan fingerprint density at radius 2 is 1.31 bits per heavy atom. The molecule has 0 radical (unpaired) electrons. The minimum Gasteiger partial charge on any atom is -0.491 e. The summed E-state index contributed by atoms with van der Waals surface area (Å²) in [6.45, 7) is 8.91. The third-order valence-corrected chi connectivity index (χ3v) is 6.11. The van der Waals surface area contributed by atoms with Crippen molar-refractivity contribution in [1.82, 2.24) is 9.80 Å². The molecule has 1 N–H and O–H groups in total. The van der Waals surface area contributed by atoms with Crippen LogP contribution >= 0.6 is 0 Å². The second-order valence-corrected chi connectivity index (χ2v) is 8.85. The molecular formula is C28H34N2O2. The minimum atomic E-state index is -0.499. The van der Waals surface area contributed by atoms with Crippen LogP contribution in [0.3, 0.4) is 0 Å². The van der Waals surface area contributed by atoms with E-state index in [2.05, 4.69) is 90.4 Å². The van der Waals surface area contributed by atoms with E-state index in [0.29, 0.717) is 13.2 Å². The highest BCUT2D eigenvalue weighted by Crippen LogP contribution is 2.29. The largest absolute Gasteiger partial charge is 0.491 e. The van der Waals surface area contributed by atoms with E-state index in [0.717, 1.165) is 31.9 Å². The van der Waals surface area contributed by atoms with Crippen molar-refractivity contribution in [3.05, 3.63) is 101 Å². The zero-order chi connectivity index (χ0) is 22.3. The molecule has 0 aliphatic carbocycles. The first-order valence-electron chi connectivity index (χ1n) is 11.5. The summed E-state index contributed by atoms with van der Waals surface area (Å²) in [7, 11) is 0. The Bertz CT molecular complexity index is 909. The van der Waals surface area contributed by atoms with Gasteiger partial charge in [-0.2, -0.15) is 0 Å². The maximum absolute atomic E-state index is 10.6. The Kier molecular flexibility index (Phi) is 7.59. The highest BCUT2D eigenvalue weighted by molar-refractivity contribution is 5.33. The first-order valence-corrected chi connectivity index (χ1v) is 11.5. The molecule has 4 heteroatoms. The molecule has 0 amide bonds. The molecule has 0 spiro atoms. The highest BCUT2D eigenvalue weighted by Gasteiger charge is 2.27. The maximum Gasteiger partial charge on any atom is 0.119 e. The van der Waals surface area contributed by atoms with E-state index >= 15 is 0 Å². The van der Waals surface area contributed by atoms with E-state index < -0.39 is 6.10 Å². The number of hydrogen-bond acceptors (Lipinski definition) is 4. The van der Waals surface area contributed by atoms with Crippen LogP contribution in [0.4, 0.5) is 0 Å². The summed E-state index contributed by atoms with van der Waals surface area (Å²) >= 11 is 0. The quantitative estimate of drug-likeness (QED) is 0.573. The van der Waals surface area contributed by atoms with E-state index in [1.54, 1.807) is 0 Å². The third-order valence-electron chi connectivity index (χ3n) is 6.11. The molecule has 1 saturated heterocycles. The van der Waals surface area contributed by atoms with Crippen molar-refractivity contribution in [3.8, 4) is 5.75 Å². The molecule has 1 heterocycles. The SMILES string of the molecule is Cc1cc(C)cc(OC[C@H](O)CN2CCN(C(c3ccccc3)c3ccccc3)CC2)c1. The number of aryl methyl sites for hydroxylation is 2. The van der Waals surface area contributed by atoms with Crippen LogP contribution in [0.5, 0.6) is 5.75 Å². The molecule has 1 atom stereocenters. The van der Waals surface area contributed by atoms with Crippen LogP contribution < -0.4 is 4.74 Å². The normalized spacial score (nSPS) is 16.2. The predicted octanol–water partition coefficient (Wildman–Crippen LogP) is 4.45. The van der Waals surface area contributed by atoms with Gasteiger partial charge in [0.2, 0.25) is 0 Å². The summed E-state index contributed by atoms with van der Waals surface area (Å²) in [6, 6.07) is 27.9. The van der Waals surface area contributed by atoms with Crippen molar-refractivity contribution in [2.45, 2.75) is 26.0 Å². The Morgan fingerprint density at radius 3 is 1.84 bits per heavy atom. The molecule has 0 saturated carbocycles. The van der Waals surface area contributed by atoms with Gasteiger partial charge < -0.3 is 9.84 Å². The van der Waals surface area contributed by atoms with E-state index in [1.165, 1.54) is 22.3 Å². The number of piperazine rings is 1. The number of β-amino-alcohol motifs (C(OH)–C–C–N with tert-alkyl or cyclic N) is 1. The molecule has 4 rings (SSSR count). The molecule has 1 aliphatic heterocycles. The van der Waals surface area contributed by atoms with Crippen molar-refractivity contribution in [2.24, 2.45) is 0 Å². The molecule has 0 bridgehead atoms. The summed E-state index contributed by atoms with van der Waals surface area (Å²) in [5.41, 5.74) is 5.01. The van der Waals surface area contributed by atoms with Gasteiger partial charge in [0, 0.05) is 32.7 Å². The number of rotatable bonds is 8. The van der Waals surface area contributed by atoms with Crippen molar-refractivity contribution in [2.75, 3.05) is 39.3 Å². The molecule has 0 unspecified atom stereocenters. The highest BCUT2D eigenvalue weighted by atomic mass is 16.5. The maximum atomic E-state index is 10.6. The first kappa shape index (κ1) is 22.5. The number of aliphatic hydroxyl groups excluding tert-OH is 1. The Balaban J connectivity index is 1.32. The lowest BCUT2D eigenvalue weighted by molar-refractivity contribution is 0.0400. The van der Waals surface area contributed by atoms with Crippen molar-refractivity contribution >= 4 is 0 Å². The summed E-state index contributed by atoms with van der Waals surface area (Å²) in [6.07, 6.45) is -0.499. The minimum absolute atomic E-state index is 0.261. The topological polar surface area (TPSA) is 35.9 Å². The predicted molar refractivity (Wildman–Crippen MR) is 130 cm³/mol. The van der Waals surface area contributed by atoms with Gasteiger partial charge in [0.05, 0.1) is 6.04 Å². The van der Waals surface area contributed by atoms with Crippen LogP contribution in [-0.2, 0) is 0 Å². The van der Waals surface area contributed by atoms with Crippen molar-refractivity contribution in [3.63, 3.8) is 0 Å². The molecular weight excluding hydrogens is 396 g/mol. The molecule has 0 aromatic heterocycles. The smallest absolute Gasteiger partial charge is 0.119 e. The number of ether oxygens (including phenoxy) is 1. The van der Waals surface area contributed by atoms with Gasteiger partial charge in [-0.1, -0.05) is 66.7 Å². The zero-order valence-corrected chi connectivity index (χ0v) is 19.2. The fourth-order valence-corrected chi connectivity index (χ4v) is 4.65. The number of aliphatic hydroxyl groups is 1. The Hall–Kier alpha value is -2.66. The number of nitrogens with zero attached hydrogens (tertiary/aromatic N) is 2. The number of hydrogen-bond donors (Lipinski definition) is 1. The van der Waals surface area contributed by atoms with Gasteiger partial charge in [0.1, 0.15) is 18.5 Å². The van der Waals surface area contributed by atoms with E-state index in [4.69, 9.17) is 4.74 Å². The molecule has 1 aliphatic rings. The Morgan fingerprint density at radius 1 is 0.781 bits per heavy atom. The van der Waals surface area contributed by atoms with Gasteiger partial charge >= 0.3 is 0 Å². The number of benzene rings is 3. The third kappa shape index (κ3) is 5.98. The van der Waals surface area contributed by atoms with Crippen LogP contribution in [0, 0.1) is 13.8 Å². The first-order chi connectivity index (χ1) is 15.6. The molecule has 1 fully saturated rings. The zero-order valence-electron chi connectivity index (χ0n) is 19.2. The second kappa shape index (κ2) is 10.8. The lowest BCUT2D eigenvalue weighted by atomic mass is 9.96. The monoisotopic (exact) mass is 430 g/mol. The van der Waals surface area contributed by atoms with Gasteiger partial charge in [0.15, 0.2) is 0 Å². The van der Waals surface area contributed by atoms with Gasteiger partial charge in [-0.3, -0.25) is 9.80 Å². The second-order valence-electron chi connectivity index (χ2n) is 8.85. The van der Waals surface area contributed by atoms with Crippen LogP contribution in [0.15, 0.2) is 78.9 Å². The molecule has 4 nitrogen and oxygen atoms in total. The van der Waals surface area contributed by atoms with E-state index in [1.807, 2.05) is 12.1 Å². The lowest BCUT2D eigenvalue weighted by Crippen LogP contribution is -2.50. The van der Waals surface area contributed by atoms with Gasteiger partial charge in [-0.15, -0.1) is 0 Å². The van der Waals surface area contributed by atoms with Gasteiger partial charge in [0.25, 0.3) is 0 Å². The van der Waals surface area contributed by atoms with Crippen molar-refractivity contribution < 1.29 is 9.84 Å². The van der Waals surface area contributed by atoms with E-state index in [9.17, 15) is 5.11 Å². The lowest BCUT2D eigenvalue weighted by Gasteiger charge is -2.40. The average Bonchev–Trinajstić information content (AvgIpc) is 2.80. The fraction of sp³-hybridized carbons (Fsp3) is 0.357. The van der Waals surface area contributed by atoms with Crippen LogP contribution in [0.1, 0.15) is 28.3 Å². The van der Waals surface area contributed by atoms with Gasteiger partial charge in [-0.25, -0.2) is 0 Å². The van der Waals surface area contributed by atoms with Crippen LogP contribution in [0.25, 0.3) is 0 Å². The van der Waals surface area contributed by atoms with Crippen molar-refractivity contribution in [1.29, 1.82) is 0 Å². The average molecular weight is 431 g/mol. The molecule has 168 valence electrons. The summed E-state index contributed by atoms with van der Waals surface area (Å²) < 4.78 is 5.86. The molecule has 3 aromatic carbocycles. The summed E-state index contributed by atoms with van der Waals surface area (Å²) in [5, 5.41) is 10.6. The molecule has 32 heavy (non-hydrogen) atoms. The molecule has 3 aromatic rings. The summed E-state index contributed by atoms with van der Waals surface area (Å²) in [5.74, 6) is 0.833. The summed E-state index contributed by atoms with van der Waals surface area (Å²) in [4.78, 5) is 4.90. The van der Waals surface area contributed by atoms with Gasteiger partial charge in [-0.05, 0) is 48.2 Å². The Labute approximate surface area is 192 Å². The standard InChI is InChI=1S/C28H34N2O2/c1-22-17-23(2)19-27(18-22)32-21-26(31)20-29-13-15-30(16-14-29)28(24-9-5-3-6-10-24)25-11-7-4-8-12-25/h3-12,17-19,26,28,31H,13-16,20-21H2,1-2H3/t26-/m1/s1. The van der Waals surface area contributed by atoms with Crippen LogP contribution in [0.2, 0.25) is 0 Å². The van der Waals surface area contributed by atoms with E-state index in [-0.39, 0.29) is 6.04 Å². The van der Waals surface area contributed by atoms with Crippen LogP contribution in [-0.4, -0.2) is 60.3 Å². The fourth-order valence-electron chi connectivity index (χ4n) is 4.65.